The number of hydrogen-bond donors (Lipinski definition) is 0. The molecule has 0 N–H and O–H groups in total. The molecule has 0 saturated carbocycles. The first-order valence-corrected chi connectivity index (χ1v) is 5.28. The summed E-state index contributed by atoms with van der Waals surface area (Å²) in [6.45, 7) is 4.00. The lowest BCUT2D eigenvalue weighted by molar-refractivity contribution is 0.415. The van der Waals surface area contributed by atoms with Gasteiger partial charge in [0.05, 0.1) is 12.6 Å². The van der Waals surface area contributed by atoms with Crippen LogP contribution in [0, 0.1) is 0 Å². The number of nitrogens with zero attached hydrogens (tertiary/aromatic N) is 1. The molecule has 0 aliphatic carbocycles. The van der Waals surface area contributed by atoms with Gasteiger partial charge < -0.3 is 4.74 Å². The Morgan fingerprint density at radius 3 is 2.53 bits per heavy atom. The molecule has 1 aromatic heterocycles. The quantitative estimate of drug-likeness (QED) is 0.684. The highest BCUT2D eigenvalue weighted by Crippen LogP contribution is 2.20. The average molecular weight is 224 g/mol. The topological polar surface area (TPSA) is 22.1 Å². The van der Waals surface area contributed by atoms with Crippen molar-refractivity contribution in [3.05, 3.63) is 35.5 Å². The van der Waals surface area contributed by atoms with Crippen LogP contribution in [-0.2, 0) is 0 Å². The van der Waals surface area contributed by atoms with E-state index in [1.54, 1.807) is 13.2 Å². The number of hydrogen-bond acceptors (Lipinski definition) is 2. The number of benzene rings is 1. The van der Waals surface area contributed by atoms with Crippen molar-refractivity contribution in [1.82, 2.24) is 4.98 Å². The third-order valence-electron chi connectivity index (χ3n) is 1.86. The minimum atomic E-state index is 0.512. The van der Waals surface area contributed by atoms with Crippen LogP contribution in [0.15, 0.2) is 30.3 Å². The third-order valence-corrected chi connectivity index (χ3v) is 2.07. The van der Waals surface area contributed by atoms with E-state index in [0.29, 0.717) is 5.15 Å². The van der Waals surface area contributed by atoms with E-state index in [0.717, 1.165) is 16.7 Å². The summed E-state index contributed by atoms with van der Waals surface area (Å²) in [7, 11) is 1.64. The zero-order chi connectivity index (χ0) is 11.3. The van der Waals surface area contributed by atoms with Gasteiger partial charge in [-0.3, -0.25) is 0 Å². The molecular weight excluding hydrogens is 210 g/mol. The maximum atomic E-state index is 5.75. The molecule has 15 heavy (non-hydrogen) atoms. The number of pyridine rings is 1. The molecule has 2 aromatic rings. The SMILES string of the molecule is CC.COc1ccc2nc(Cl)ccc2c1. The fraction of sp³-hybridized carbons (Fsp3) is 0.250. The average Bonchev–Trinajstić information content (AvgIpc) is 2.31. The van der Waals surface area contributed by atoms with Gasteiger partial charge in [-0.05, 0) is 30.3 Å². The Kier molecular flexibility index (Phi) is 4.37. The fourth-order valence-corrected chi connectivity index (χ4v) is 1.36. The van der Waals surface area contributed by atoms with Crippen molar-refractivity contribution >= 4 is 22.5 Å². The fourth-order valence-electron chi connectivity index (χ4n) is 1.21. The number of ether oxygens (including phenoxy) is 1. The number of fused-ring (bicyclic) bond motifs is 1. The van der Waals surface area contributed by atoms with Crippen molar-refractivity contribution in [1.29, 1.82) is 0 Å². The standard InChI is InChI=1S/C10H8ClNO.C2H6/c1-13-8-3-4-9-7(6-8)2-5-10(11)12-9;1-2/h2-6H,1H3;1-2H3. The smallest absolute Gasteiger partial charge is 0.129 e. The molecule has 0 amide bonds. The maximum absolute atomic E-state index is 5.75. The molecule has 2 nitrogen and oxygen atoms in total. The Morgan fingerprint density at radius 2 is 1.87 bits per heavy atom. The van der Waals surface area contributed by atoms with Crippen LogP contribution in [0.1, 0.15) is 13.8 Å². The van der Waals surface area contributed by atoms with E-state index in [2.05, 4.69) is 4.98 Å². The first-order valence-electron chi connectivity index (χ1n) is 4.90. The van der Waals surface area contributed by atoms with E-state index in [9.17, 15) is 0 Å². The van der Waals surface area contributed by atoms with Gasteiger partial charge in [0.2, 0.25) is 0 Å². The number of rotatable bonds is 1. The second kappa shape index (κ2) is 5.56. The Balaban J connectivity index is 0.000000531. The number of aromatic nitrogens is 1. The van der Waals surface area contributed by atoms with Crippen molar-refractivity contribution in [2.24, 2.45) is 0 Å². The lowest BCUT2D eigenvalue weighted by Crippen LogP contribution is -1.84. The lowest BCUT2D eigenvalue weighted by atomic mass is 10.2. The molecule has 0 aliphatic rings. The maximum Gasteiger partial charge on any atom is 0.129 e. The highest BCUT2D eigenvalue weighted by atomic mass is 35.5. The zero-order valence-corrected chi connectivity index (χ0v) is 9.88. The molecule has 1 heterocycles. The van der Waals surface area contributed by atoms with E-state index < -0.39 is 0 Å². The van der Waals surface area contributed by atoms with Crippen LogP contribution >= 0.6 is 11.6 Å². The second-order valence-corrected chi connectivity index (χ2v) is 3.08. The minimum Gasteiger partial charge on any atom is -0.497 e. The van der Waals surface area contributed by atoms with Crippen molar-refractivity contribution in [2.45, 2.75) is 13.8 Å². The Bertz CT molecular complexity index is 443. The highest BCUT2D eigenvalue weighted by molar-refractivity contribution is 6.29. The molecule has 0 fully saturated rings. The summed E-state index contributed by atoms with van der Waals surface area (Å²) in [5.74, 6) is 0.830. The molecule has 0 aliphatic heterocycles. The molecule has 3 heteroatoms. The molecule has 0 spiro atoms. The first-order chi connectivity index (χ1) is 7.29. The largest absolute Gasteiger partial charge is 0.497 e. The number of halogens is 1. The lowest BCUT2D eigenvalue weighted by Gasteiger charge is -2.01. The molecule has 0 radical (unpaired) electrons. The van der Waals surface area contributed by atoms with Crippen LogP contribution in [0.3, 0.4) is 0 Å². The van der Waals surface area contributed by atoms with Crippen molar-refractivity contribution in [2.75, 3.05) is 7.11 Å². The van der Waals surface area contributed by atoms with Gasteiger partial charge in [-0.25, -0.2) is 4.98 Å². The molecule has 0 unspecified atom stereocenters. The van der Waals surface area contributed by atoms with Gasteiger partial charge in [0.1, 0.15) is 10.9 Å². The van der Waals surface area contributed by atoms with E-state index in [1.807, 2.05) is 38.1 Å². The van der Waals surface area contributed by atoms with Gasteiger partial charge >= 0.3 is 0 Å². The van der Waals surface area contributed by atoms with E-state index in [4.69, 9.17) is 16.3 Å². The van der Waals surface area contributed by atoms with Crippen LogP contribution in [0.5, 0.6) is 5.75 Å². The highest BCUT2D eigenvalue weighted by Gasteiger charge is 1.97. The van der Waals surface area contributed by atoms with Crippen LogP contribution in [0.4, 0.5) is 0 Å². The van der Waals surface area contributed by atoms with E-state index in [1.165, 1.54) is 0 Å². The van der Waals surface area contributed by atoms with Gasteiger partial charge in [-0.2, -0.15) is 0 Å². The molecule has 0 saturated heterocycles. The molecule has 80 valence electrons. The molecule has 0 bridgehead atoms. The molecule has 1 aromatic carbocycles. The summed E-state index contributed by atoms with van der Waals surface area (Å²) < 4.78 is 5.09. The van der Waals surface area contributed by atoms with Crippen LogP contribution in [0.25, 0.3) is 10.9 Å². The monoisotopic (exact) mass is 223 g/mol. The minimum absolute atomic E-state index is 0.512. The number of methoxy groups -OCH3 is 1. The summed E-state index contributed by atoms with van der Waals surface area (Å²) in [6, 6.07) is 9.38. The summed E-state index contributed by atoms with van der Waals surface area (Å²) in [4.78, 5) is 4.16. The van der Waals surface area contributed by atoms with Crippen LogP contribution < -0.4 is 4.74 Å². The van der Waals surface area contributed by atoms with Crippen LogP contribution in [0.2, 0.25) is 5.15 Å². The summed E-state index contributed by atoms with van der Waals surface area (Å²) in [6.07, 6.45) is 0. The second-order valence-electron chi connectivity index (χ2n) is 2.69. The van der Waals surface area contributed by atoms with Crippen LogP contribution in [-0.4, -0.2) is 12.1 Å². The third kappa shape index (κ3) is 2.83. The zero-order valence-electron chi connectivity index (χ0n) is 9.12. The van der Waals surface area contributed by atoms with Crippen molar-refractivity contribution < 1.29 is 4.74 Å². The van der Waals surface area contributed by atoms with Gasteiger partial charge in [0.15, 0.2) is 0 Å². The van der Waals surface area contributed by atoms with Gasteiger partial charge in [-0.1, -0.05) is 25.4 Å². The van der Waals surface area contributed by atoms with Gasteiger partial charge in [-0.15, -0.1) is 0 Å². The normalized spacial score (nSPS) is 9.33. The first kappa shape index (κ1) is 11.8. The predicted octanol–water partition coefficient (Wildman–Crippen LogP) is 3.92. The summed E-state index contributed by atoms with van der Waals surface area (Å²) in [5, 5.41) is 1.54. The van der Waals surface area contributed by atoms with E-state index in [-0.39, 0.29) is 0 Å². The van der Waals surface area contributed by atoms with Gasteiger partial charge in [0, 0.05) is 5.39 Å². The molecule has 0 atom stereocenters. The molecule has 2 rings (SSSR count). The van der Waals surface area contributed by atoms with Gasteiger partial charge in [0.25, 0.3) is 0 Å². The van der Waals surface area contributed by atoms with Crippen molar-refractivity contribution in [3.8, 4) is 5.75 Å². The Morgan fingerprint density at radius 1 is 1.13 bits per heavy atom. The Labute approximate surface area is 94.9 Å². The summed E-state index contributed by atoms with van der Waals surface area (Å²) >= 11 is 5.75. The Hall–Kier alpha value is -1.28. The predicted molar refractivity (Wildman–Crippen MR) is 64.7 cm³/mol. The summed E-state index contributed by atoms with van der Waals surface area (Å²) in [5.41, 5.74) is 0.883. The van der Waals surface area contributed by atoms with Crippen molar-refractivity contribution in [3.63, 3.8) is 0 Å². The molecular formula is C12H14ClNO. The van der Waals surface area contributed by atoms with E-state index >= 15 is 0 Å².